The monoisotopic (exact) mass is 413 g/mol. The number of halogens is 1. The Bertz CT molecular complexity index is 953. The molecule has 6 heteroatoms. The number of likely N-dealkylation sites (tertiary alicyclic amines) is 1. The number of carbonyl (C=O) groups excluding carboxylic acids is 2. The first-order valence-corrected chi connectivity index (χ1v) is 10.0. The molecule has 3 rings (SSSR count). The Morgan fingerprint density at radius 2 is 1.90 bits per heavy atom. The van der Waals surface area contributed by atoms with Gasteiger partial charge in [-0.3, -0.25) is 9.59 Å². The van der Waals surface area contributed by atoms with Crippen molar-refractivity contribution in [2.75, 3.05) is 13.7 Å². The summed E-state index contributed by atoms with van der Waals surface area (Å²) in [5.41, 5.74) is 1.18. The van der Waals surface area contributed by atoms with Crippen molar-refractivity contribution in [1.82, 2.24) is 4.90 Å². The minimum Gasteiger partial charge on any atom is -0.507 e. The van der Waals surface area contributed by atoms with E-state index >= 15 is 0 Å². The molecule has 0 spiro atoms. The van der Waals surface area contributed by atoms with E-state index in [0.29, 0.717) is 28.4 Å². The van der Waals surface area contributed by atoms with Crippen LogP contribution in [0.1, 0.15) is 43.4 Å². The molecule has 1 unspecified atom stereocenters. The molecule has 1 fully saturated rings. The molecule has 1 aliphatic heterocycles. The second-order valence-corrected chi connectivity index (χ2v) is 7.42. The summed E-state index contributed by atoms with van der Waals surface area (Å²) in [6.07, 6.45) is 2.72. The lowest BCUT2D eigenvalue weighted by atomic mass is 9.95. The Hall–Kier alpha value is -2.79. The lowest BCUT2D eigenvalue weighted by Crippen LogP contribution is -2.30. The van der Waals surface area contributed by atoms with Crippen molar-refractivity contribution in [2.24, 2.45) is 0 Å². The van der Waals surface area contributed by atoms with Gasteiger partial charge in [-0.25, -0.2) is 0 Å². The summed E-state index contributed by atoms with van der Waals surface area (Å²) >= 11 is 6.05. The molecule has 2 aromatic rings. The number of aliphatic hydroxyl groups excluding tert-OH is 1. The smallest absolute Gasteiger partial charge is 0.295 e. The van der Waals surface area contributed by atoms with E-state index < -0.39 is 17.7 Å². The third kappa shape index (κ3) is 4.30. The van der Waals surface area contributed by atoms with E-state index in [1.165, 1.54) is 0 Å². The van der Waals surface area contributed by atoms with Gasteiger partial charge in [0.1, 0.15) is 11.5 Å². The molecule has 0 aliphatic carbocycles. The minimum atomic E-state index is -0.688. The number of hydrogen-bond donors (Lipinski definition) is 1. The van der Waals surface area contributed by atoms with E-state index in [9.17, 15) is 14.7 Å². The second kappa shape index (κ2) is 9.14. The maximum Gasteiger partial charge on any atom is 0.295 e. The predicted octanol–water partition coefficient (Wildman–Crippen LogP) is 4.96. The average Bonchev–Trinajstić information content (AvgIpc) is 2.98. The molecular formula is C23H24ClNO4. The number of unbranched alkanes of at least 4 members (excludes halogenated alkanes) is 2. The van der Waals surface area contributed by atoms with E-state index in [-0.39, 0.29) is 11.3 Å². The Morgan fingerprint density at radius 3 is 2.59 bits per heavy atom. The second-order valence-electron chi connectivity index (χ2n) is 6.99. The van der Waals surface area contributed by atoms with Crippen molar-refractivity contribution in [3.8, 4) is 5.75 Å². The van der Waals surface area contributed by atoms with Gasteiger partial charge < -0.3 is 14.7 Å². The van der Waals surface area contributed by atoms with Crippen LogP contribution >= 0.6 is 11.6 Å². The van der Waals surface area contributed by atoms with Crippen LogP contribution in [0.15, 0.2) is 54.1 Å². The molecule has 1 saturated heterocycles. The van der Waals surface area contributed by atoms with Gasteiger partial charge in [0, 0.05) is 17.1 Å². The quantitative estimate of drug-likeness (QED) is 0.301. The van der Waals surface area contributed by atoms with Gasteiger partial charge in [0.25, 0.3) is 11.7 Å². The van der Waals surface area contributed by atoms with Crippen LogP contribution in [-0.2, 0) is 9.59 Å². The molecular weight excluding hydrogens is 390 g/mol. The maximum absolute atomic E-state index is 12.9. The number of ketones is 1. The van der Waals surface area contributed by atoms with E-state index in [1.807, 2.05) is 6.07 Å². The standard InChI is InChI=1S/C23H24ClNO4/c1-3-4-5-12-25-20(15-8-7-11-18(14-15)29-2)19(22(27)23(25)28)21(26)16-9-6-10-17(24)13-16/h6-11,13-14,20,26H,3-5,12H2,1-2H3/b21-19-. The molecule has 0 radical (unpaired) electrons. The Kier molecular flexibility index (Phi) is 6.60. The Morgan fingerprint density at radius 1 is 1.14 bits per heavy atom. The van der Waals surface area contributed by atoms with Crippen molar-refractivity contribution in [1.29, 1.82) is 0 Å². The fourth-order valence-corrected chi connectivity index (χ4v) is 3.78. The highest BCUT2D eigenvalue weighted by Crippen LogP contribution is 2.40. The van der Waals surface area contributed by atoms with E-state index in [4.69, 9.17) is 16.3 Å². The topological polar surface area (TPSA) is 66.8 Å². The molecule has 1 N–H and O–H groups in total. The zero-order chi connectivity index (χ0) is 21.0. The number of methoxy groups -OCH3 is 1. The summed E-state index contributed by atoms with van der Waals surface area (Å²) < 4.78 is 5.31. The highest BCUT2D eigenvalue weighted by Gasteiger charge is 2.45. The van der Waals surface area contributed by atoms with Gasteiger partial charge in [-0.15, -0.1) is 0 Å². The first-order chi connectivity index (χ1) is 14.0. The number of benzene rings is 2. The van der Waals surface area contributed by atoms with Crippen LogP contribution in [0.3, 0.4) is 0 Å². The van der Waals surface area contributed by atoms with Gasteiger partial charge in [0.2, 0.25) is 0 Å². The third-order valence-corrected chi connectivity index (χ3v) is 5.29. The van der Waals surface area contributed by atoms with Gasteiger partial charge in [0.05, 0.1) is 18.7 Å². The van der Waals surface area contributed by atoms with Crippen molar-refractivity contribution < 1.29 is 19.4 Å². The predicted molar refractivity (Wildman–Crippen MR) is 113 cm³/mol. The lowest BCUT2D eigenvalue weighted by molar-refractivity contribution is -0.139. The van der Waals surface area contributed by atoms with Gasteiger partial charge in [-0.2, -0.15) is 0 Å². The fraction of sp³-hybridized carbons (Fsp3) is 0.304. The van der Waals surface area contributed by atoms with Crippen LogP contribution in [0, 0.1) is 0 Å². The fourth-order valence-electron chi connectivity index (χ4n) is 3.59. The summed E-state index contributed by atoms with van der Waals surface area (Å²) in [7, 11) is 1.56. The van der Waals surface area contributed by atoms with E-state index in [1.54, 1.807) is 54.5 Å². The first-order valence-electron chi connectivity index (χ1n) is 9.66. The summed E-state index contributed by atoms with van der Waals surface area (Å²) in [6.45, 7) is 2.51. The number of amides is 1. The molecule has 0 saturated carbocycles. The van der Waals surface area contributed by atoms with Gasteiger partial charge in [-0.1, -0.05) is 55.6 Å². The molecule has 1 aliphatic rings. The largest absolute Gasteiger partial charge is 0.507 e. The number of carbonyl (C=O) groups is 2. The molecule has 5 nitrogen and oxygen atoms in total. The Labute approximate surface area is 175 Å². The van der Waals surface area contributed by atoms with Crippen LogP contribution in [0.2, 0.25) is 5.02 Å². The highest BCUT2D eigenvalue weighted by molar-refractivity contribution is 6.46. The van der Waals surface area contributed by atoms with Gasteiger partial charge >= 0.3 is 0 Å². The number of aliphatic hydroxyl groups is 1. The van der Waals surface area contributed by atoms with Crippen LogP contribution in [0.5, 0.6) is 5.75 Å². The molecule has 152 valence electrons. The lowest BCUT2D eigenvalue weighted by Gasteiger charge is -2.25. The normalized spacial score (nSPS) is 18.3. The van der Waals surface area contributed by atoms with Crippen LogP contribution < -0.4 is 4.74 Å². The summed E-state index contributed by atoms with van der Waals surface area (Å²) in [5, 5.41) is 11.4. The first kappa shape index (κ1) is 20.9. The number of hydrogen-bond acceptors (Lipinski definition) is 4. The summed E-state index contributed by atoms with van der Waals surface area (Å²) in [5.74, 6) is -0.898. The molecule has 2 aromatic carbocycles. The van der Waals surface area contributed by atoms with Crippen molar-refractivity contribution >= 4 is 29.1 Å². The van der Waals surface area contributed by atoms with Crippen LogP contribution in [0.25, 0.3) is 5.76 Å². The van der Waals surface area contributed by atoms with Gasteiger partial charge in [-0.05, 0) is 36.2 Å². The average molecular weight is 414 g/mol. The highest BCUT2D eigenvalue weighted by atomic mass is 35.5. The number of Topliss-reactive ketones (excluding diaryl/α,β-unsaturated/α-hetero) is 1. The van der Waals surface area contributed by atoms with Crippen molar-refractivity contribution in [3.63, 3.8) is 0 Å². The Balaban J connectivity index is 2.14. The number of ether oxygens (including phenoxy) is 1. The summed E-state index contributed by atoms with van der Waals surface area (Å²) in [4.78, 5) is 27.3. The molecule has 1 atom stereocenters. The van der Waals surface area contributed by atoms with Gasteiger partial charge in [0.15, 0.2) is 0 Å². The molecule has 0 bridgehead atoms. The van der Waals surface area contributed by atoms with Crippen LogP contribution in [-0.4, -0.2) is 35.4 Å². The minimum absolute atomic E-state index is 0.0713. The molecule has 1 heterocycles. The third-order valence-electron chi connectivity index (χ3n) is 5.05. The van der Waals surface area contributed by atoms with E-state index in [0.717, 1.165) is 19.3 Å². The number of rotatable bonds is 7. The molecule has 1 amide bonds. The number of nitrogens with zero attached hydrogens (tertiary/aromatic N) is 1. The SMILES string of the molecule is CCCCCN1C(=O)C(=O)/C(=C(\O)c2cccc(Cl)c2)C1c1cccc(OC)c1. The molecule has 29 heavy (non-hydrogen) atoms. The van der Waals surface area contributed by atoms with Crippen molar-refractivity contribution in [2.45, 2.75) is 32.2 Å². The zero-order valence-electron chi connectivity index (χ0n) is 16.5. The van der Waals surface area contributed by atoms with Crippen molar-refractivity contribution in [3.05, 3.63) is 70.3 Å². The summed E-state index contributed by atoms with van der Waals surface area (Å²) in [6, 6.07) is 13.1. The van der Waals surface area contributed by atoms with E-state index in [2.05, 4.69) is 6.92 Å². The molecule has 0 aromatic heterocycles. The zero-order valence-corrected chi connectivity index (χ0v) is 17.3. The maximum atomic E-state index is 12.9. The van der Waals surface area contributed by atoms with Crippen LogP contribution in [0.4, 0.5) is 0 Å².